The predicted molar refractivity (Wildman–Crippen MR) is 88.7 cm³/mol. The maximum absolute atomic E-state index is 13.0. The van der Waals surface area contributed by atoms with Crippen molar-refractivity contribution in [3.63, 3.8) is 0 Å². The molecule has 0 aromatic heterocycles. The van der Waals surface area contributed by atoms with Crippen molar-refractivity contribution in [2.24, 2.45) is 34.0 Å². The number of ketones is 1. The van der Waals surface area contributed by atoms with Gasteiger partial charge in [-0.1, -0.05) is 32.9 Å². The summed E-state index contributed by atoms with van der Waals surface area (Å²) in [5, 5.41) is 21.0. The summed E-state index contributed by atoms with van der Waals surface area (Å²) in [5.74, 6) is 0.847. The number of aliphatic hydroxyl groups excluding tert-OH is 2. The number of aliphatic hydroxyl groups is 2. The third-order valence-corrected chi connectivity index (χ3v) is 8.56. The molecule has 1 spiro atoms. The first-order valence-corrected chi connectivity index (χ1v) is 9.24. The number of Topliss-reactive ketones (excluding diaryl/α,β-unsaturated/α-hetero) is 1. The second kappa shape index (κ2) is 4.49. The first kappa shape index (κ1) is 15.8. The van der Waals surface area contributed by atoms with Crippen LogP contribution in [0.1, 0.15) is 59.3 Å². The van der Waals surface area contributed by atoms with Crippen molar-refractivity contribution < 1.29 is 15.0 Å². The smallest absolute Gasteiger partial charge is 0.171 e. The lowest BCUT2D eigenvalue weighted by atomic mass is 9.36. The zero-order valence-electron chi connectivity index (χ0n) is 14.6. The Morgan fingerprint density at radius 2 is 1.78 bits per heavy atom. The van der Waals surface area contributed by atoms with Crippen LogP contribution in [0.4, 0.5) is 0 Å². The normalized spacial score (nSPS) is 54.6. The number of rotatable bonds is 0. The number of carbonyl (C=O) groups is 1. The molecule has 5 aliphatic rings. The number of hydrogen-bond donors (Lipinski definition) is 2. The van der Waals surface area contributed by atoms with Crippen LogP contribution in [0.2, 0.25) is 0 Å². The van der Waals surface area contributed by atoms with E-state index >= 15 is 0 Å². The molecule has 23 heavy (non-hydrogen) atoms. The van der Waals surface area contributed by atoms with Crippen LogP contribution in [-0.2, 0) is 4.79 Å². The largest absolute Gasteiger partial charge is 0.393 e. The van der Waals surface area contributed by atoms with Gasteiger partial charge in [0.2, 0.25) is 0 Å². The first-order valence-electron chi connectivity index (χ1n) is 9.24. The van der Waals surface area contributed by atoms with Crippen molar-refractivity contribution in [1.29, 1.82) is 0 Å². The molecule has 5 fully saturated rings. The van der Waals surface area contributed by atoms with Gasteiger partial charge in [0.1, 0.15) is 6.10 Å². The third kappa shape index (κ3) is 1.66. The molecule has 5 saturated carbocycles. The highest BCUT2D eigenvalue weighted by atomic mass is 16.3. The quantitative estimate of drug-likeness (QED) is 0.675. The van der Waals surface area contributed by atoms with Crippen LogP contribution >= 0.6 is 0 Å². The van der Waals surface area contributed by atoms with Gasteiger partial charge < -0.3 is 10.2 Å². The Kier molecular flexibility index (Phi) is 3.09. The average molecular weight is 318 g/mol. The van der Waals surface area contributed by atoms with E-state index in [1.807, 2.05) is 0 Å². The molecule has 7 atom stereocenters. The van der Waals surface area contributed by atoms with Gasteiger partial charge in [-0.25, -0.2) is 0 Å². The Labute approximate surface area is 139 Å². The van der Waals surface area contributed by atoms with E-state index < -0.39 is 11.5 Å². The SMILES string of the molecule is C=C1CC2CC3C1(CCC1C(C)(C)C(O)CCC31C)C(=O)C2O. The fourth-order valence-corrected chi connectivity index (χ4v) is 7.27. The monoisotopic (exact) mass is 318 g/mol. The second-order valence-corrected chi connectivity index (χ2v) is 9.61. The van der Waals surface area contributed by atoms with Gasteiger partial charge in [0.15, 0.2) is 5.78 Å². The van der Waals surface area contributed by atoms with Gasteiger partial charge in [-0.2, -0.15) is 0 Å². The summed E-state index contributed by atoms with van der Waals surface area (Å²) in [7, 11) is 0. The predicted octanol–water partition coefficient (Wildman–Crippen LogP) is 3.10. The van der Waals surface area contributed by atoms with Crippen LogP contribution in [0, 0.1) is 34.0 Å². The maximum Gasteiger partial charge on any atom is 0.171 e. The molecular weight excluding hydrogens is 288 g/mol. The number of fused-ring (bicyclic) bond motifs is 3. The molecule has 0 aromatic carbocycles. The van der Waals surface area contributed by atoms with Crippen LogP contribution in [0.3, 0.4) is 0 Å². The van der Waals surface area contributed by atoms with Crippen LogP contribution in [0.15, 0.2) is 12.2 Å². The molecule has 0 aromatic rings. The van der Waals surface area contributed by atoms with Crippen LogP contribution in [0.5, 0.6) is 0 Å². The highest BCUT2D eigenvalue weighted by Crippen LogP contribution is 2.71. The van der Waals surface area contributed by atoms with E-state index in [4.69, 9.17) is 0 Å². The first-order chi connectivity index (χ1) is 10.7. The third-order valence-electron chi connectivity index (χ3n) is 8.56. The Bertz CT molecular complexity index is 579. The average Bonchev–Trinajstić information content (AvgIpc) is 2.49. The minimum Gasteiger partial charge on any atom is -0.393 e. The lowest BCUT2D eigenvalue weighted by Gasteiger charge is -2.68. The van der Waals surface area contributed by atoms with Gasteiger partial charge >= 0.3 is 0 Å². The molecule has 3 nitrogen and oxygen atoms in total. The van der Waals surface area contributed by atoms with Crippen molar-refractivity contribution in [2.75, 3.05) is 0 Å². The Hall–Kier alpha value is -0.670. The number of carbonyl (C=O) groups excluding carboxylic acids is 1. The lowest BCUT2D eigenvalue weighted by molar-refractivity contribution is -0.203. The summed E-state index contributed by atoms with van der Waals surface area (Å²) in [4.78, 5) is 13.0. The van der Waals surface area contributed by atoms with Crippen LogP contribution < -0.4 is 0 Å². The molecule has 3 heteroatoms. The molecule has 5 aliphatic carbocycles. The van der Waals surface area contributed by atoms with Gasteiger partial charge in [0.25, 0.3) is 0 Å². The fraction of sp³-hybridized carbons (Fsp3) is 0.850. The van der Waals surface area contributed by atoms with Crippen molar-refractivity contribution in [2.45, 2.75) is 71.5 Å². The zero-order chi connectivity index (χ0) is 16.8. The summed E-state index contributed by atoms with van der Waals surface area (Å²) < 4.78 is 0. The molecular formula is C20H30O3. The minimum absolute atomic E-state index is 0.0543. The summed E-state index contributed by atoms with van der Waals surface area (Å²) in [5.41, 5.74) is 0.558. The lowest BCUT2D eigenvalue weighted by Crippen LogP contribution is -2.67. The van der Waals surface area contributed by atoms with E-state index in [9.17, 15) is 15.0 Å². The maximum atomic E-state index is 13.0. The molecule has 128 valence electrons. The van der Waals surface area contributed by atoms with E-state index in [0.29, 0.717) is 11.8 Å². The standard InChI is InChI=1S/C20H30O3/c1-11-9-12-10-14-19(4)7-6-15(21)18(2,3)13(19)5-8-20(11,14)17(23)16(12)22/h12-16,21-22H,1,5-10H2,2-4H3. The van der Waals surface area contributed by atoms with Gasteiger partial charge in [0.05, 0.1) is 11.5 Å². The summed E-state index contributed by atoms with van der Waals surface area (Å²) >= 11 is 0. The summed E-state index contributed by atoms with van der Waals surface area (Å²) in [6, 6.07) is 0. The molecule has 0 amide bonds. The molecule has 2 bridgehead atoms. The second-order valence-electron chi connectivity index (χ2n) is 9.61. The van der Waals surface area contributed by atoms with Gasteiger partial charge in [-0.15, -0.1) is 0 Å². The topological polar surface area (TPSA) is 57.5 Å². The number of hydrogen-bond acceptors (Lipinski definition) is 3. The Morgan fingerprint density at radius 1 is 1.09 bits per heavy atom. The van der Waals surface area contributed by atoms with E-state index in [-0.39, 0.29) is 28.6 Å². The minimum atomic E-state index is -0.779. The molecule has 0 heterocycles. The molecule has 0 aliphatic heterocycles. The molecule has 5 rings (SSSR count). The van der Waals surface area contributed by atoms with E-state index in [0.717, 1.165) is 44.1 Å². The molecule has 2 N–H and O–H groups in total. The van der Waals surface area contributed by atoms with Crippen molar-refractivity contribution in [1.82, 2.24) is 0 Å². The Balaban J connectivity index is 1.82. The van der Waals surface area contributed by atoms with Crippen molar-refractivity contribution >= 4 is 5.78 Å². The molecule has 7 unspecified atom stereocenters. The van der Waals surface area contributed by atoms with Crippen LogP contribution in [0.25, 0.3) is 0 Å². The van der Waals surface area contributed by atoms with Crippen molar-refractivity contribution in [3.05, 3.63) is 12.2 Å². The van der Waals surface area contributed by atoms with Crippen LogP contribution in [-0.4, -0.2) is 28.2 Å². The van der Waals surface area contributed by atoms with Gasteiger partial charge in [-0.3, -0.25) is 4.79 Å². The fourth-order valence-electron chi connectivity index (χ4n) is 7.27. The zero-order valence-corrected chi connectivity index (χ0v) is 14.6. The highest BCUT2D eigenvalue weighted by molar-refractivity contribution is 5.94. The van der Waals surface area contributed by atoms with E-state index in [1.165, 1.54) is 0 Å². The summed E-state index contributed by atoms with van der Waals surface area (Å²) in [6.45, 7) is 11.0. The summed E-state index contributed by atoms with van der Waals surface area (Å²) in [6.07, 6.45) is 4.31. The Morgan fingerprint density at radius 3 is 2.48 bits per heavy atom. The van der Waals surface area contributed by atoms with Gasteiger partial charge in [0, 0.05) is 0 Å². The molecule has 0 saturated heterocycles. The van der Waals surface area contributed by atoms with E-state index in [1.54, 1.807) is 0 Å². The highest BCUT2D eigenvalue weighted by Gasteiger charge is 2.69. The molecule has 0 radical (unpaired) electrons. The van der Waals surface area contributed by atoms with E-state index in [2.05, 4.69) is 27.4 Å². The van der Waals surface area contributed by atoms with Gasteiger partial charge in [-0.05, 0) is 67.1 Å². The number of allylic oxidation sites excluding steroid dienone is 1. The van der Waals surface area contributed by atoms with Crippen molar-refractivity contribution in [3.8, 4) is 0 Å².